The molecule has 2 rings (SSSR count). The maximum atomic E-state index is 9.99. The molecule has 1 N–H and O–H groups in total. The molecule has 2 aromatic heterocycles. The molecule has 8 nitrogen and oxygen atoms in total. The van der Waals surface area contributed by atoms with Crippen molar-refractivity contribution >= 4 is 103 Å². The van der Waals surface area contributed by atoms with E-state index < -0.39 is 9.85 Å². The summed E-state index contributed by atoms with van der Waals surface area (Å²) in [6.07, 6.45) is 2.56. The van der Waals surface area contributed by atoms with Crippen molar-refractivity contribution in [2.75, 3.05) is 0 Å². The van der Waals surface area contributed by atoms with E-state index >= 15 is 0 Å². The summed E-state index contributed by atoms with van der Waals surface area (Å²) in [7, 11) is 0. The van der Waals surface area contributed by atoms with Crippen LogP contribution in [0.5, 0.6) is 0 Å². The monoisotopic (exact) mass is 866 g/mol. The molecule has 0 saturated heterocycles. The second kappa shape index (κ2) is 12.6. The third kappa shape index (κ3) is 10.5. The molecule has 0 aliphatic carbocycles. The van der Waals surface area contributed by atoms with Crippen molar-refractivity contribution in [3.05, 3.63) is 40.5 Å². The second-order valence-electron chi connectivity index (χ2n) is 2.51. The van der Waals surface area contributed by atoms with Crippen molar-refractivity contribution in [2.24, 2.45) is 0 Å². The molecule has 0 spiro atoms. The maximum absolute atomic E-state index is 9.99. The Labute approximate surface area is 172 Å². The van der Waals surface area contributed by atoms with Gasteiger partial charge < -0.3 is 0 Å². The summed E-state index contributed by atoms with van der Waals surface area (Å²) in [6, 6.07) is 0. The predicted octanol–water partition coefficient (Wildman–Crippen LogP) is 5.61. The van der Waals surface area contributed by atoms with E-state index in [4.69, 9.17) is 0 Å². The average molecular weight is 868 g/mol. The number of hydrogen-bond acceptors (Lipinski definition) is 6. The number of thiazole rings is 2. The Morgan fingerprint density at radius 2 is 1.90 bits per heavy atom. The minimum absolute atomic E-state index is 0.0573. The van der Waals surface area contributed by atoms with Gasteiger partial charge in [0, 0.05) is 15.9 Å². The molecule has 2 heterocycles. The number of H-pyrrole nitrogens is 1. The average Bonchev–Trinajstić information content (AvgIpc) is 3.00. The van der Waals surface area contributed by atoms with Gasteiger partial charge in [0.2, 0.25) is 0 Å². The minimum atomic E-state index is -0.470. The van der Waals surface area contributed by atoms with Gasteiger partial charge in [-0.25, -0.2) is 4.98 Å². The third-order valence-corrected chi connectivity index (χ3v) is 4.24. The Hall–Kier alpha value is 1.17. The quantitative estimate of drug-likeness (QED) is 0.183. The first-order chi connectivity index (χ1) is 9.81. The van der Waals surface area contributed by atoms with E-state index in [2.05, 4.69) is 80.5 Å². The summed E-state index contributed by atoms with van der Waals surface area (Å²) in [5, 5.41) is 20.1. The van der Waals surface area contributed by atoms with Gasteiger partial charge in [0.25, 0.3) is 0 Å². The molecule has 0 fully saturated rings. The summed E-state index contributed by atoms with van der Waals surface area (Å²) in [6.45, 7) is 0. The van der Waals surface area contributed by atoms with Gasteiger partial charge in [0.15, 0.2) is 3.92 Å². The van der Waals surface area contributed by atoms with Crippen LogP contribution in [0.4, 0.5) is 10.0 Å². The molecule has 0 aromatic carbocycles. The van der Waals surface area contributed by atoms with Crippen LogP contribution in [0.2, 0.25) is 0 Å². The van der Waals surface area contributed by atoms with E-state index in [9.17, 15) is 20.2 Å². The molecule has 0 unspecified atom stereocenters. The molecule has 0 bridgehead atoms. The van der Waals surface area contributed by atoms with Crippen LogP contribution in [-0.4, -0.2) is 19.8 Å². The fourth-order valence-electron chi connectivity index (χ4n) is 0.689. The van der Waals surface area contributed by atoms with Crippen LogP contribution in [-0.2, 0) is 11.2 Å². The van der Waals surface area contributed by atoms with Crippen LogP contribution < -0.4 is 0 Å². The van der Waals surface area contributed by atoms with Crippen molar-refractivity contribution in [1.29, 1.82) is 0 Å². The number of aromatic amines is 1. The van der Waals surface area contributed by atoms with Crippen LogP contribution in [0.25, 0.3) is 0 Å². The van der Waals surface area contributed by atoms with E-state index in [0.717, 1.165) is 22.7 Å². The molecule has 120 valence electrons. The number of halogens is 4. The van der Waals surface area contributed by atoms with Gasteiger partial charge in [0.05, 0.1) is 4.92 Å². The normalized spacial score (nSPS) is 9.14. The van der Waals surface area contributed by atoms with E-state index in [1.807, 2.05) is 0 Å². The predicted molar refractivity (Wildman–Crippen MR) is 102 cm³/mol. The first-order valence-electron chi connectivity index (χ1n) is 4.21. The van der Waals surface area contributed by atoms with E-state index in [1.165, 1.54) is 12.4 Å². The fourth-order valence-corrected chi connectivity index (χ4v) is 2.85. The molecule has 0 amide bonds. The molecular weight excluding hydrogens is 865 g/mol. The molecular formula is C6H3Br2I2N4O4PtS2+. The topological polar surface area (TPSA) is 115 Å². The van der Waals surface area contributed by atoms with Crippen LogP contribution >= 0.6 is 93.2 Å². The van der Waals surface area contributed by atoms with Crippen molar-refractivity contribution in [1.82, 2.24) is 9.97 Å². The van der Waals surface area contributed by atoms with Gasteiger partial charge in [-0.1, -0.05) is 0 Å². The zero-order valence-electron chi connectivity index (χ0n) is 9.27. The number of nitro groups is 2. The number of nitrogens with one attached hydrogen (secondary N) is 1. The SMILES string of the molecule is O=[N+]([O-])c1c[nH]c(Br)[s+]1.O=[N+]([O-])c1cnc(Br)s1.[I][Pt][I]. The van der Waals surface area contributed by atoms with Gasteiger partial charge in [0.1, 0.15) is 17.3 Å². The molecule has 15 heteroatoms. The van der Waals surface area contributed by atoms with Crippen molar-refractivity contribution in [2.45, 2.75) is 0 Å². The Kier molecular flexibility index (Phi) is 13.3. The van der Waals surface area contributed by atoms with Gasteiger partial charge >= 0.3 is 75.2 Å². The van der Waals surface area contributed by atoms with Gasteiger partial charge in [-0.2, -0.15) is 0 Å². The molecule has 21 heavy (non-hydrogen) atoms. The van der Waals surface area contributed by atoms with Crippen LogP contribution in [0.15, 0.2) is 20.2 Å². The van der Waals surface area contributed by atoms with Gasteiger partial charge in [-0.15, -0.1) is 0 Å². The standard InChI is InChI=1S/C3H2BrN2O2S.C3HBrN2O2S.2HI.Pt/c2*4-3-5-1-2(9-3)6(7)8;;;/h1,5H;1H;2*1H;/q+1;;;;+2/p-2. The van der Waals surface area contributed by atoms with Crippen molar-refractivity contribution in [3.8, 4) is 0 Å². The number of rotatable bonds is 2. The first-order valence-corrected chi connectivity index (χ1v) is 20.3. The van der Waals surface area contributed by atoms with Gasteiger partial charge in [-0.3, -0.25) is 25.2 Å². The molecule has 0 aliphatic heterocycles. The summed E-state index contributed by atoms with van der Waals surface area (Å²) >= 11 is 13.4. The summed E-state index contributed by atoms with van der Waals surface area (Å²) in [5.41, 5.74) is 0. The molecule has 2 aromatic rings. The molecule has 0 saturated carbocycles. The Morgan fingerprint density at radius 3 is 2.10 bits per heavy atom. The van der Waals surface area contributed by atoms with Crippen LogP contribution in [0.3, 0.4) is 0 Å². The molecule has 0 radical (unpaired) electrons. The number of aromatic nitrogens is 2. The molecule has 0 atom stereocenters. The summed E-state index contributed by atoms with van der Waals surface area (Å²) < 4.78 is 1.20. The Morgan fingerprint density at radius 1 is 1.33 bits per heavy atom. The Balaban J connectivity index is 0.000000322. The van der Waals surface area contributed by atoms with E-state index in [-0.39, 0.29) is 10.0 Å². The fraction of sp³-hybridized carbons (Fsp3) is 0. The third-order valence-electron chi connectivity index (χ3n) is 1.33. The zero-order chi connectivity index (χ0) is 16.4. The van der Waals surface area contributed by atoms with Crippen molar-refractivity contribution in [3.63, 3.8) is 0 Å². The summed E-state index contributed by atoms with van der Waals surface area (Å²) in [4.78, 5) is 25.3. The second-order valence-corrected chi connectivity index (χ2v) is 23.7. The zero-order valence-corrected chi connectivity index (χ0v) is 20.7. The molecule has 0 aliphatic rings. The number of nitrogens with zero attached hydrogens (tertiary/aromatic N) is 3. The van der Waals surface area contributed by atoms with Crippen LogP contribution in [0, 0.1) is 20.2 Å². The van der Waals surface area contributed by atoms with Crippen molar-refractivity contribution < 1.29 is 21.0 Å². The van der Waals surface area contributed by atoms with Crippen LogP contribution in [0.1, 0.15) is 0 Å². The first kappa shape index (κ1) is 22.2. The summed E-state index contributed by atoms with van der Waals surface area (Å²) in [5.74, 6) is 0. The number of hydrogen-bond donors (Lipinski definition) is 1. The van der Waals surface area contributed by atoms with E-state index in [0.29, 0.717) is 19.0 Å². The van der Waals surface area contributed by atoms with E-state index in [1.54, 1.807) is 0 Å². The van der Waals surface area contributed by atoms with Gasteiger partial charge in [-0.05, 0) is 27.3 Å². The Bertz CT molecular complexity index is 551.